The van der Waals surface area contributed by atoms with Gasteiger partial charge in [0.1, 0.15) is 17.6 Å². The molecular formula is C30H29NO6. The van der Waals surface area contributed by atoms with Gasteiger partial charge < -0.3 is 24.6 Å². The molecule has 2 aliphatic rings. The van der Waals surface area contributed by atoms with Crippen LogP contribution in [0.2, 0.25) is 0 Å². The third-order valence-corrected chi connectivity index (χ3v) is 6.79. The van der Waals surface area contributed by atoms with Crippen LogP contribution in [0.1, 0.15) is 42.1 Å². The van der Waals surface area contributed by atoms with E-state index in [4.69, 9.17) is 9.47 Å². The fourth-order valence-corrected chi connectivity index (χ4v) is 5.05. The zero-order valence-electron chi connectivity index (χ0n) is 20.8. The molecule has 0 aromatic heterocycles. The number of carbonyl (C=O) groups excluding carboxylic acids is 2. The molecule has 7 nitrogen and oxygen atoms in total. The number of likely N-dealkylation sites (tertiary alicyclic amines) is 1. The number of phenols is 1. The van der Waals surface area contributed by atoms with Gasteiger partial charge in [-0.05, 0) is 67.3 Å². The average Bonchev–Trinajstić information content (AvgIpc) is 3.39. The number of nitrogens with zero attached hydrogens (tertiary/aromatic N) is 1. The number of aliphatic hydroxyl groups is 1. The van der Waals surface area contributed by atoms with Crippen LogP contribution in [0.5, 0.6) is 17.2 Å². The molecule has 3 aromatic carbocycles. The molecule has 37 heavy (non-hydrogen) atoms. The fourth-order valence-electron chi connectivity index (χ4n) is 5.05. The summed E-state index contributed by atoms with van der Waals surface area (Å²) in [6, 6.07) is 18.9. The predicted octanol–water partition coefficient (Wildman–Crippen LogP) is 4.78. The van der Waals surface area contributed by atoms with Crippen LogP contribution in [0.25, 0.3) is 5.76 Å². The van der Waals surface area contributed by atoms with E-state index in [0.717, 1.165) is 16.9 Å². The third-order valence-electron chi connectivity index (χ3n) is 6.79. The number of carbonyl (C=O) groups is 2. The van der Waals surface area contributed by atoms with Crippen LogP contribution in [0.3, 0.4) is 0 Å². The molecule has 7 heteroatoms. The van der Waals surface area contributed by atoms with Gasteiger partial charge in [-0.3, -0.25) is 9.59 Å². The van der Waals surface area contributed by atoms with Crippen molar-refractivity contribution in [2.45, 2.75) is 38.8 Å². The number of ether oxygens (including phenoxy) is 2. The summed E-state index contributed by atoms with van der Waals surface area (Å²) in [5, 5.41) is 21.7. The molecule has 1 amide bonds. The van der Waals surface area contributed by atoms with Crippen LogP contribution in [-0.2, 0) is 22.4 Å². The molecule has 0 spiro atoms. The van der Waals surface area contributed by atoms with E-state index in [2.05, 4.69) is 0 Å². The molecule has 0 radical (unpaired) electrons. The Morgan fingerprint density at radius 2 is 1.86 bits per heavy atom. The van der Waals surface area contributed by atoms with Gasteiger partial charge in [-0.15, -0.1) is 0 Å². The monoisotopic (exact) mass is 499 g/mol. The summed E-state index contributed by atoms with van der Waals surface area (Å²) in [5.74, 6) is -0.696. The summed E-state index contributed by atoms with van der Waals surface area (Å²) < 4.78 is 11.3. The summed E-state index contributed by atoms with van der Waals surface area (Å²) >= 11 is 0. The SMILES string of the molecule is CCOc1cc([C@H]2/C(=C(\O)c3ccc4c(c3)C[C@H](C)O4)C(=O)C(=O)N2CCc2ccccc2)ccc1O. The Hall–Kier alpha value is -4.26. The number of Topliss-reactive ketones (excluding diaryl/α,β-unsaturated/α-hetero) is 1. The van der Waals surface area contributed by atoms with E-state index in [1.165, 1.54) is 11.0 Å². The molecule has 1 saturated heterocycles. The first-order valence-electron chi connectivity index (χ1n) is 12.5. The summed E-state index contributed by atoms with van der Waals surface area (Å²) in [6.07, 6.45) is 1.26. The number of phenolic OH excluding ortho intramolecular Hbond substituents is 1. The maximum Gasteiger partial charge on any atom is 0.295 e. The Kier molecular flexibility index (Phi) is 6.61. The number of hydrogen-bond acceptors (Lipinski definition) is 6. The van der Waals surface area contributed by atoms with Gasteiger partial charge in [-0.2, -0.15) is 0 Å². The zero-order valence-corrected chi connectivity index (χ0v) is 20.8. The highest BCUT2D eigenvalue weighted by Gasteiger charge is 2.46. The summed E-state index contributed by atoms with van der Waals surface area (Å²) in [4.78, 5) is 28.2. The standard InChI is InChI=1S/C30H29NO6/c1-3-36-25-17-20(9-11-23(25)32)27-26(28(33)21-10-12-24-22(16-21)15-18(2)37-24)29(34)30(35)31(27)14-13-19-7-5-4-6-8-19/h4-12,16-18,27,32-33H,3,13-15H2,1-2H3/b28-26+/t18-,27-/m0/s1. The van der Waals surface area contributed by atoms with Crippen molar-refractivity contribution in [1.82, 2.24) is 4.90 Å². The van der Waals surface area contributed by atoms with Gasteiger partial charge in [0, 0.05) is 18.5 Å². The maximum atomic E-state index is 13.4. The van der Waals surface area contributed by atoms with E-state index < -0.39 is 17.7 Å². The maximum absolute atomic E-state index is 13.4. The first kappa shape index (κ1) is 24.4. The zero-order chi connectivity index (χ0) is 26.1. The van der Waals surface area contributed by atoms with Crippen molar-refractivity contribution < 1.29 is 29.3 Å². The highest BCUT2D eigenvalue weighted by atomic mass is 16.5. The normalized spacial score (nSPS) is 20.1. The predicted molar refractivity (Wildman–Crippen MR) is 139 cm³/mol. The van der Waals surface area contributed by atoms with Gasteiger partial charge in [0.25, 0.3) is 11.7 Å². The van der Waals surface area contributed by atoms with Gasteiger partial charge >= 0.3 is 0 Å². The summed E-state index contributed by atoms with van der Waals surface area (Å²) in [5.41, 5.74) is 2.99. The second-order valence-electron chi connectivity index (χ2n) is 9.34. The molecule has 1 fully saturated rings. The van der Waals surface area contributed by atoms with Gasteiger partial charge in [0.2, 0.25) is 0 Å². The molecule has 2 aliphatic heterocycles. The molecule has 2 atom stereocenters. The van der Waals surface area contributed by atoms with Crippen molar-refractivity contribution in [3.63, 3.8) is 0 Å². The van der Waals surface area contributed by atoms with Crippen molar-refractivity contribution in [1.29, 1.82) is 0 Å². The first-order valence-corrected chi connectivity index (χ1v) is 12.5. The molecule has 0 aliphatic carbocycles. The van der Waals surface area contributed by atoms with Gasteiger partial charge in [-0.25, -0.2) is 0 Å². The molecule has 2 heterocycles. The van der Waals surface area contributed by atoms with Crippen LogP contribution in [0.4, 0.5) is 0 Å². The van der Waals surface area contributed by atoms with Crippen molar-refractivity contribution in [2.75, 3.05) is 13.2 Å². The quantitative estimate of drug-likeness (QED) is 0.276. The van der Waals surface area contributed by atoms with E-state index in [1.54, 1.807) is 31.2 Å². The minimum atomic E-state index is -0.841. The number of aliphatic hydroxyl groups excluding tert-OH is 1. The molecule has 3 aromatic rings. The lowest BCUT2D eigenvalue weighted by Crippen LogP contribution is -2.31. The Labute approximate surface area is 215 Å². The lowest BCUT2D eigenvalue weighted by molar-refractivity contribution is -0.139. The van der Waals surface area contributed by atoms with E-state index in [9.17, 15) is 19.8 Å². The van der Waals surface area contributed by atoms with Crippen LogP contribution >= 0.6 is 0 Å². The molecule has 190 valence electrons. The molecule has 2 N–H and O–H groups in total. The summed E-state index contributed by atoms with van der Waals surface area (Å²) in [6.45, 7) is 4.38. The molecule has 0 bridgehead atoms. The van der Waals surface area contributed by atoms with Crippen molar-refractivity contribution in [3.8, 4) is 17.2 Å². The number of amides is 1. The van der Waals surface area contributed by atoms with Gasteiger partial charge in [0.05, 0.1) is 18.2 Å². The number of hydrogen-bond donors (Lipinski definition) is 2. The molecule has 5 rings (SSSR count). The minimum absolute atomic E-state index is 0.0121. The van der Waals surface area contributed by atoms with Crippen molar-refractivity contribution in [2.24, 2.45) is 0 Å². The molecule has 0 saturated carbocycles. The fraction of sp³-hybridized carbons (Fsp3) is 0.267. The van der Waals surface area contributed by atoms with Crippen LogP contribution < -0.4 is 9.47 Å². The van der Waals surface area contributed by atoms with Gasteiger partial charge in [0.15, 0.2) is 11.5 Å². The first-order chi connectivity index (χ1) is 17.9. The second-order valence-corrected chi connectivity index (χ2v) is 9.34. The summed E-state index contributed by atoms with van der Waals surface area (Å²) in [7, 11) is 0. The topological polar surface area (TPSA) is 96.3 Å². The number of fused-ring (bicyclic) bond motifs is 1. The smallest absolute Gasteiger partial charge is 0.295 e. The van der Waals surface area contributed by atoms with E-state index in [0.29, 0.717) is 30.6 Å². The molecular weight excluding hydrogens is 470 g/mol. The third kappa shape index (κ3) is 4.65. The van der Waals surface area contributed by atoms with Crippen molar-refractivity contribution >= 4 is 17.4 Å². The Bertz CT molecular complexity index is 1380. The van der Waals surface area contributed by atoms with Gasteiger partial charge in [-0.1, -0.05) is 36.4 Å². The number of benzene rings is 3. The van der Waals surface area contributed by atoms with Crippen LogP contribution in [0.15, 0.2) is 72.3 Å². The second kappa shape index (κ2) is 10.0. The van der Waals surface area contributed by atoms with E-state index in [-0.39, 0.29) is 35.5 Å². The molecule has 0 unspecified atom stereocenters. The Balaban J connectivity index is 1.60. The number of rotatable bonds is 7. The Morgan fingerprint density at radius 3 is 2.62 bits per heavy atom. The number of aromatic hydroxyl groups is 1. The van der Waals surface area contributed by atoms with E-state index in [1.807, 2.05) is 43.3 Å². The highest BCUT2D eigenvalue weighted by molar-refractivity contribution is 6.46. The minimum Gasteiger partial charge on any atom is -0.507 e. The largest absolute Gasteiger partial charge is 0.507 e. The lowest BCUT2D eigenvalue weighted by atomic mass is 9.94. The Morgan fingerprint density at radius 1 is 1.08 bits per heavy atom. The lowest BCUT2D eigenvalue weighted by Gasteiger charge is -2.26. The average molecular weight is 500 g/mol. The van der Waals surface area contributed by atoms with E-state index >= 15 is 0 Å². The van der Waals surface area contributed by atoms with Crippen LogP contribution in [-0.4, -0.2) is 46.1 Å². The highest BCUT2D eigenvalue weighted by Crippen LogP contribution is 2.42. The van der Waals surface area contributed by atoms with Crippen LogP contribution in [0, 0.1) is 0 Å². The number of ketones is 1. The van der Waals surface area contributed by atoms with Crippen molar-refractivity contribution in [3.05, 3.63) is 94.6 Å².